The van der Waals surface area contributed by atoms with Crippen LogP contribution in [-0.4, -0.2) is 57.8 Å². The van der Waals surface area contributed by atoms with Crippen LogP contribution in [-0.2, 0) is 17.6 Å². The normalized spacial score (nSPS) is 14.1. The zero-order valence-electron chi connectivity index (χ0n) is 19.8. The number of rotatable bonds is 9. The second-order valence-corrected chi connectivity index (χ2v) is 9.43. The van der Waals surface area contributed by atoms with Crippen molar-refractivity contribution in [3.8, 4) is 17.3 Å². The number of amides is 1. The van der Waals surface area contributed by atoms with E-state index in [0.717, 1.165) is 42.8 Å². The van der Waals surface area contributed by atoms with Crippen LogP contribution in [0.2, 0.25) is 0 Å². The van der Waals surface area contributed by atoms with Gasteiger partial charge in [0.15, 0.2) is 5.82 Å². The van der Waals surface area contributed by atoms with Crippen molar-refractivity contribution in [2.24, 2.45) is 0 Å². The summed E-state index contributed by atoms with van der Waals surface area (Å²) in [6.07, 6.45) is 5.58. The zero-order valence-corrected chi connectivity index (χ0v) is 19.8. The summed E-state index contributed by atoms with van der Waals surface area (Å²) in [5, 5.41) is 12.9. The Morgan fingerprint density at radius 3 is 2.81 bits per heavy atom. The first-order valence-corrected chi connectivity index (χ1v) is 11.4. The van der Waals surface area contributed by atoms with Gasteiger partial charge in [-0.1, -0.05) is 13.3 Å². The Bertz CT molecular complexity index is 942. The number of aliphatic hydroxyl groups excluding tert-OH is 1. The summed E-state index contributed by atoms with van der Waals surface area (Å²) in [6.45, 7) is 8.37. The lowest BCUT2D eigenvalue weighted by Gasteiger charge is -2.25. The minimum absolute atomic E-state index is 0.0499. The summed E-state index contributed by atoms with van der Waals surface area (Å²) in [4.78, 5) is 28.4. The molecule has 0 saturated heterocycles. The molecule has 8 nitrogen and oxygen atoms in total. The third kappa shape index (κ3) is 6.38. The summed E-state index contributed by atoms with van der Waals surface area (Å²) in [5.74, 6) is 1.86. The average Bonchev–Trinajstić information content (AvgIpc) is 3.19. The molecule has 0 saturated carbocycles. The molecule has 2 aromatic rings. The van der Waals surface area contributed by atoms with Crippen LogP contribution in [0.15, 0.2) is 18.3 Å². The monoisotopic (exact) mass is 441 g/mol. The fourth-order valence-corrected chi connectivity index (χ4v) is 3.82. The molecule has 174 valence electrons. The van der Waals surface area contributed by atoms with Gasteiger partial charge in [-0.2, -0.15) is 0 Å². The molecule has 2 N–H and O–H groups in total. The molecule has 3 rings (SSSR count). The third-order valence-electron chi connectivity index (χ3n) is 5.19. The number of aromatic nitrogens is 3. The van der Waals surface area contributed by atoms with Crippen LogP contribution in [0, 0.1) is 0 Å². The van der Waals surface area contributed by atoms with E-state index in [2.05, 4.69) is 10.3 Å². The number of hydrogen-bond acceptors (Lipinski definition) is 7. The molecule has 1 aliphatic carbocycles. The van der Waals surface area contributed by atoms with Crippen LogP contribution in [0.25, 0.3) is 11.5 Å². The molecule has 1 atom stereocenters. The summed E-state index contributed by atoms with van der Waals surface area (Å²) in [5.41, 5.74) is 2.44. The van der Waals surface area contributed by atoms with Gasteiger partial charge in [-0.3, -0.25) is 9.78 Å². The van der Waals surface area contributed by atoms with E-state index in [1.807, 2.05) is 39.6 Å². The van der Waals surface area contributed by atoms with E-state index in [4.69, 9.17) is 14.7 Å². The van der Waals surface area contributed by atoms with Gasteiger partial charge in [-0.05, 0) is 52.5 Å². The Morgan fingerprint density at radius 2 is 2.09 bits per heavy atom. The van der Waals surface area contributed by atoms with E-state index >= 15 is 0 Å². The summed E-state index contributed by atoms with van der Waals surface area (Å²) in [6, 6.07) is 3.56. The van der Waals surface area contributed by atoms with Gasteiger partial charge in [0.05, 0.1) is 12.6 Å². The van der Waals surface area contributed by atoms with Gasteiger partial charge in [-0.25, -0.2) is 9.97 Å². The van der Waals surface area contributed by atoms with E-state index in [1.54, 1.807) is 18.3 Å². The maximum absolute atomic E-state index is 12.5. The first-order valence-electron chi connectivity index (χ1n) is 11.4. The van der Waals surface area contributed by atoms with Crippen LogP contribution >= 0.6 is 0 Å². The number of fused-ring (bicyclic) bond motifs is 1. The van der Waals surface area contributed by atoms with Gasteiger partial charge in [0.25, 0.3) is 0 Å². The minimum Gasteiger partial charge on any atom is -0.491 e. The minimum atomic E-state index is -0.493. The van der Waals surface area contributed by atoms with Gasteiger partial charge in [0.2, 0.25) is 5.91 Å². The van der Waals surface area contributed by atoms with Crippen LogP contribution in [0.1, 0.15) is 58.2 Å². The standard InChI is InChI=1S/C24H35N5O3/c1-6-8-16(30)15-32-17-11-12-25-20(13-17)22-26-19-10-7-9-18(19)23(27-22)29(5)14-21(31)28-24(2,3)4/h11-13,16,30H,6-10,14-15H2,1-5H3,(H,28,31)/t16-/m1/s1. The van der Waals surface area contributed by atoms with Gasteiger partial charge in [-0.15, -0.1) is 0 Å². The number of ether oxygens (including phenoxy) is 1. The number of likely N-dealkylation sites (N-methyl/N-ethyl adjacent to an activating group) is 1. The highest BCUT2D eigenvalue weighted by molar-refractivity contribution is 5.82. The van der Waals surface area contributed by atoms with Crippen molar-refractivity contribution in [1.82, 2.24) is 20.3 Å². The topological polar surface area (TPSA) is 100 Å². The highest BCUT2D eigenvalue weighted by Crippen LogP contribution is 2.31. The molecule has 0 fully saturated rings. The quantitative estimate of drug-likeness (QED) is 0.617. The molecule has 1 amide bonds. The number of carbonyl (C=O) groups is 1. The molecule has 0 radical (unpaired) electrons. The number of nitrogens with zero attached hydrogens (tertiary/aromatic N) is 4. The van der Waals surface area contributed by atoms with Crippen LogP contribution in [0.3, 0.4) is 0 Å². The van der Waals surface area contributed by atoms with Crippen LogP contribution < -0.4 is 15.0 Å². The number of nitrogens with one attached hydrogen (secondary N) is 1. The summed E-state index contributed by atoms with van der Waals surface area (Å²) >= 11 is 0. The predicted octanol–water partition coefficient (Wildman–Crippen LogP) is 2.92. The number of aliphatic hydroxyl groups is 1. The lowest BCUT2D eigenvalue weighted by Crippen LogP contribution is -2.45. The maximum atomic E-state index is 12.5. The summed E-state index contributed by atoms with van der Waals surface area (Å²) < 4.78 is 5.74. The Morgan fingerprint density at radius 1 is 1.31 bits per heavy atom. The maximum Gasteiger partial charge on any atom is 0.239 e. The Labute approximate surface area is 190 Å². The number of anilines is 1. The fourth-order valence-electron chi connectivity index (χ4n) is 3.82. The molecule has 2 heterocycles. The molecule has 0 aromatic carbocycles. The van der Waals surface area contributed by atoms with Crippen molar-refractivity contribution < 1.29 is 14.6 Å². The number of hydrogen-bond donors (Lipinski definition) is 2. The predicted molar refractivity (Wildman–Crippen MR) is 125 cm³/mol. The molecule has 0 bridgehead atoms. The number of pyridine rings is 1. The van der Waals surface area contributed by atoms with E-state index in [1.165, 1.54) is 0 Å². The molecule has 0 aliphatic heterocycles. The molecule has 32 heavy (non-hydrogen) atoms. The van der Waals surface area contributed by atoms with Gasteiger partial charge >= 0.3 is 0 Å². The van der Waals surface area contributed by atoms with Crippen LogP contribution in [0.5, 0.6) is 5.75 Å². The second-order valence-electron chi connectivity index (χ2n) is 9.43. The average molecular weight is 442 g/mol. The molecule has 2 aromatic heterocycles. The number of aryl methyl sites for hydroxylation is 1. The van der Waals surface area contributed by atoms with Crippen molar-refractivity contribution in [2.75, 3.05) is 25.1 Å². The highest BCUT2D eigenvalue weighted by atomic mass is 16.5. The van der Waals surface area contributed by atoms with Gasteiger partial charge < -0.3 is 20.1 Å². The first kappa shape index (κ1) is 23.9. The van der Waals surface area contributed by atoms with Crippen molar-refractivity contribution in [1.29, 1.82) is 0 Å². The third-order valence-corrected chi connectivity index (χ3v) is 5.19. The molecule has 1 aliphatic rings. The van der Waals surface area contributed by atoms with Crippen molar-refractivity contribution in [2.45, 2.75) is 71.4 Å². The van der Waals surface area contributed by atoms with E-state index < -0.39 is 6.10 Å². The molecule has 8 heteroatoms. The lowest BCUT2D eigenvalue weighted by molar-refractivity contribution is -0.121. The van der Waals surface area contributed by atoms with Gasteiger partial charge in [0.1, 0.15) is 23.9 Å². The van der Waals surface area contributed by atoms with E-state index in [9.17, 15) is 9.90 Å². The SMILES string of the molecule is CCC[C@@H](O)COc1ccnc(-c2nc3c(c(N(C)CC(=O)NC(C)(C)C)n2)CCC3)c1. The van der Waals surface area contributed by atoms with Gasteiger partial charge in [0, 0.05) is 36.1 Å². The number of carbonyl (C=O) groups excluding carboxylic acids is 1. The fraction of sp³-hybridized carbons (Fsp3) is 0.583. The zero-order chi connectivity index (χ0) is 23.3. The Hall–Kier alpha value is -2.74. The van der Waals surface area contributed by atoms with E-state index in [0.29, 0.717) is 23.7 Å². The molecule has 0 unspecified atom stereocenters. The largest absolute Gasteiger partial charge is 0.491 e. The van der Waals surface area contributed by atoms with Crippen molar-refractivity contribution >= 4 is 11.7 Å². The van der Waals surface area contributed by atoms with Crippen molar-refractivity contribution in [3.05, 3.63) is 29.6 Å². The Balaban J connectivity index is 1.83. The van der Waals surface area contributed by atoms with E-state index in [-0.39, 0.29) is 24.6 Å². The smallest absolute Gasteiger partial charge is 0.239 e. The Kier molecular flexibility index (Phi) is 7.66. The first-order chi connectivity index (χ1) is 15.2. The highest BCUT2D eigenvalue weighted by Gasteiger charge is 2.24. The molecular weight excluding hydrogens is 406 g/mol. The summed E-state index contributed by atoms with van der Waals surface area (Å²) in [7, 11) is 1.88. The molecule has 0 spiro atoms. The van der Waals surface area contributed by atoms with Crippen LogP contribution in [0.4, 0.5) is 5.82 Å². The molecular formula is C24H35N5O3. The lowest BCUT2D eigenvalue weighted by atomic mass is 10.1. The second kappa shape index (κ2) is 10.3. The van der Waals surface area contributed by atoms with Crippen molar-refractivity contribution in [3.63, 3.8) is 0 Å².